The largest absolute Gasteiger partial charge is 0.457 e. The lowest BCUT2D eigenvalue weighted by molar-refractivity contribution is 0.0910. The molecule has 2 heterocycles. The van der Waals surface area contributed by atoms with Crippen LogP contribution in [-0.2, 0) is 0 Å². The third kappa shape index (κ3) is 4.20. The van der Waals surface area contributed by atoms with E-state index >= 15 is 0 Å². The summed E-state index contributed by atoms with van der Waals surface area (Å²) in [6, 6.07) is 21.4. The molecule has 2 aliphatic heterocycles. The first kappa shape index (κ1) is 25.6. The Morgan fingerprint density at radius 3 is 1.51 bits per heavy atom. The maximum atomic E-state index is 13.2. The van der Waals surface area contributed by atoms with Crippen LogP contribution in [0.15, 0.2) is 84.9 Å². The molecule has 9 heteroatoms. The fourth-order valence-corrected chi connectivity index (χ4v) is 4.88. The first-order chi connectivity index (χ1) is 19.6. The minimum Gasteiger partial charge on any atom is -0.457 e. The molecule has 4 aromatic carbocycles. The maximum Gasteiger partial charge on any atom is 0.266 e. The van der Waals surface area contributed by atoms with Crippen LogP contribution in [-0.4, -0.2) is 35.2 Å². The van der Waals surface area contributed by atoms with Crippen LogP contribution >= 0.6 is 0 Å². The summed E-state index contributed by atoms with van der Waals surface area (Å²) in [6.45, 7) is 2.83. The predicted octanol–water partition coefficient (Wildman–Crippen LogP) is 5.49. The van der Waals surface area contributed by atoms with E-state index in [0.717, 1.165) is 9.80 Å². The van der Waals surface area contributed by atoms with Crippen molar-refractivity contribution < 1.29 is 33.5 Å². The van der Waals surface area contributed by atoms with Gasteiger partial charge in [-0.1, -0.05) is 12.1 Å². The molecule has 2 aliphatic rings. The number of anilines is 2. The number of imide groups is 2. The standard InChI is InChI=1S/C32H20N2O7/c1-17(35)19-6-8-21(9-7-19)33-29(37)25-12-10-23(15-27(25)31(33)39)41-24-11-13-26-28(16-24)32(40)34(30(26)38)22-5-3-4-20(14-22)18(2)36/h3-16H,1-2H3. The molecule has 6 rings (SSSR count). The Hall–Kier alpha value is -5.70. The number of carbonyl (C=O) groups excluding carboxylic acids is 6. The highest BCUT2D eigenvalue weighted by atomic mass is 16.5. The molecule has 0 unspecified atom stereocenters. The summed E-state index contributed by atoms with van der Waals surface area (Å²) < 4.78 is 5.92. The predicted molar refractivity (Wildman–Crippen MR) is 148 cm³/mol. The summed E-state index contributed by atoms with van der Waals surface area (Å²) >= 11 is 0. The topological polar surface area (TPSA) is 118 Å². The smallest absolute Gasteiger partial charge is 0.266 e. The highest BCUT2D eigenvalue weighted by Gasteiger charge is 2.38. The van der Waals surface area contributed by atoms with Crippen LogP contribution in [0.25, 0.3) is 0 Å². The van der Waals surface area contributed by atoms with Gasteiger partial charge in [-0.15, -0.1) is 0 Å². The van der Waals surface area contributed by atoms with Crippen LogP contribution < -0.4 is 14.5 Å². The van der Waals surface area contributed by atoms with E-state index in [9.17, 15) is 28.8 Å². The molecular formula is C32H20N2O7. The van der Waals surface area contributed by atoms with E-state index in [-0.39, 0.29) is 51.0 Å². The Morgan fingerprint density at radius 1 is 0.512 bits per heavy atom. The zero-order valence-electron chi connectivity index (χ0n) is 21.8. The van der Waals surface area contributed by atoms with Crippen molar-refractivity contribution >= 4 is 46.6 Å². The third-order valence-corrected chi connectivity index (χ3v) is 6.99. The van der Waals surface area contributed by atoms with Gasteiger partial charge < -0.3 is 4.74 Å². The van der Waals surface area contributed by atoms with E-state index in [1.165, 1.54) is 56.3 Å². The average Bonchev–Trinajstić information content (AvgIpc) is 3.36. The van der Waals surface area contributed by atoms with Gasteiger partial charge in [-0.2, -0.15) is 0 Å². The van der Waals surface area contributed by atoms with Crippen molar-refractivity contribution in [3.63, 3.8) is 0 Å². The minimum atomic E-state index is -0.558. The van der Waals surface area contributed by atoms with Gasteiger partial charge in [-0.3, -0.25) is 28.8 Å². The van der Waals surface area contributed by atoms with Crippen molar-refractivity contribution in [3.8, 4) is 11.5 Å². The Bertz CT molecular complexity index is 1860. The molecule has 0 atom stereocenters. The Labute approximate surface area is 233 Å². The molecule has 9 nitrogen and oxygen atoms in total. The number of rotatable bonds is 6. The highest BCUT2D eigenvalue weighted by molar-refractivity contribution is 6.35. The molecule has 0 aromatic heterocycles. The number of ether oxygens (including phenoxy) is 1. The van der Waals surface area contributed by atoms with Crippen molar-refractivity contribution in [2.45, 2.75) is 13.8 Å². The normalized spacial score (nSPS) is 13.9. The molecule has 4 amide bonds. The zero-order chi connectivity index (χ0) is 29.0. The molecule has 0 fully saturated rings. The van der Waals surface area contributed by atoms with Gasteiger partial charge in [-0.25, -0.2) is 9.80 Å². The Morgan fingerprint density at radius 2 is 1.00 bits per heavy atom. The van der Waals surface area contributed by atoms with Crippen molar-refractivity contribution in [2.24, 2.45) is 0 Å². The van der Waals surface area contributed by atoms with Crippen molar-refractivity contribution in [2.75, 3.05) is 9.80 Å². The van der Waals surface area contributed by atoms with Crippen LogP contribution in [0, 0.1) is 0 Å². The second-order valence-corrected chi connectivity index (χ2v) is 9.62. The van der Waals surface area contributed by atoms with Gasteiger partial charge in [0.2, 0.25) is 0 Å². The fourth-order valence-electron chi connectivity index (χ4n) is 4.88. The van der Waals surface area contributed by atoms with Crippen molar-refractivity contribution in [3.05, 3.63) is 118 Å². The summed E-state index contributed by atoms with van der Waals surface area (Å²) in [5.74, 6) is -1.94. The number of amides is 4. The second kappa shape index (κ2) is 9.49. The lowest BCUT2D eigenvalue weighted by atomic mass is 10.1. The number of hydrogen-bond acceptors (Lipinski definition) is 7. The average molecular weight is 545 g/mol. The Kier molecular flexibility index (Phi) is 5.92. The summed E-state index contributed by atoms with van der Waals surface area (Å²) in [4.78, 5) is 77.8. The van der Waals surface area contributed by atoms with Gasteiger partial charge in [0.1, 0.15) is 11.5 Å². The van der Waals surface area contributed by atoms with Crippen molar-refractivity contribution in [1.29, 1.82) is 0 Å². The number of carbonyl (C=O) groups is 6. The van der Waals surface area contributed by atoms with Gasteiger partial charge in [0.25, 0.3) is 23.6 Å². The zero-order valence-corrected chi connectivity index (χ0v) is 21.8. The summed E-state index contributed by atoms with van der Waals surface area (Å²) in [5, 5.41) is 0. The molecule has 0 bridgehead atoms. The molecule has 0 aliphatic carbocycles. The number of hydrogen-bond donors (Lipinski definition) is 0. The number of benzene rings is 4. The van der Waals surface area contributed by atoms with E-state index in [2.05, 4.69) is 0 Å². The lowest BCUT2D eigenvalue weighted by Crippen LogP contribution is -2.29. The Balaban J connectivity index is 1.25. The first-order valence-electron chi connectivity index (χ1n) is 12.6. The van der Waals surface area contributed by atoms with Crippen LogP contribution in [0.2, 0.25) is 0 Å². The molecular weight excluding hydrogens is 524 g/mol. The molecule has 4 aromatic rings. The molecule has 0 N–H and O–H groups in total. The minimum absolute atomic E-state index is 0.131. The first-order valence-corrected chi connectivity index (χ1v) is 12.6. The number of nitrogens with zero attached hydrogens (tertiary/aromatic N) is 2. The van der Waals surface area contributed by atoms with Gasteiger partial charge >= 0.3 is 0 Å². The van der Waals surface area contributed by atoms with Crippen molar-refractivity contribution in [1.82, 2.24) is 0 Å². The van der Waals surface area contributed by atoms with Crippen LogP contribution in [0.5, 0.6) is 11.5 Å². The van der Waals surface area contributed by atoms with E-state index in [4.69, 9.17) is 4.74 Å². The summed E-state index contributed by atoms with van der Waals surface area (Å²) in [5.41, 5.74) is 2.13. The molecule has 0 saturated heterocycles. The SMILES string of the molecule is CC(=O)c1ccc(N2C(=O)c3ccc(Oc4ccc5c(c4)C(=O)N(c4cccc(C(C)=O)c4)C5=O)cc3C2=O)cc1. The fraction of sp³-hybridized carbons (Fsp3) is 0.0625. The number of ketones is 2. The second-order valence-electron chi connectivity index (χ2n) is 9.62. The van der Waals surface area contributed by atoms with Crippen LogP contribution in [0.4, 0.5) is 11.4 Å². The summed E-state index contributed by atoms with van der Waals surface area (Å²) in [6.07, 6.45) is 0. The van der Waals surface area contributed by atoms with E-state index in [0.29, 0.717) is 16.8 Å². The molecule has 0 saturated carbocycles. The number of fused-ring (bicyclic) bond motifs is 2. The molecule has 0 spiro atoms. The third-order valence-electron chi connectivity index (χ3n) is 6.99. The van der Waals surface area contributed by atoms with Crippen LogP contribution in [0.1, 0.15) is 76.0 Å². The number of Topliss-reactive ketones (excluding diaryl/α,β-unsaturated/α-hetero) is 2. The van der Waals surface area contributed by atoms with Gasteiger partial charge in [0.05, 0.1) is 33.6 Å². The van der Waals surface area contributed by atoms with Gasteiger partial charge in [0, 0.05) is 11.1 Å². The molecule has 41 heavy (non-hydrogen) atoms. The molecule has 0 radical (unpaired) electrons. The lowest BCUT2D eigenvalue weighted by Gasteiger charge is -2.14. The van der Waals surface area contributed by atoms with E-state index in [1.54, 1.807) is 42.5 Å². The van der Waals surface area contributed by atoms with Crippen LogP contribution in [0.3, 0.4) is 0 Å². The summed E-state index contributed by atoms with van der Waals surface area (Å²) in [7, 11) is 0. The monoisotopic (exact) mass is 544 g/mol. The van der Waals surface area contributed by atoms with E-state index < -0.39 is 23.6 Å². The van der Waals surface area contributed by atoms with Gasteiger partial charge in [0.15, 0.2) is 11.6 Å². The van der Waals surface area contributed by atoms with Gasteiger partial charge in [-0.05, 0) is 86.6 Å². The van der Waals surface area contributed by atoms with E-state index in [1.807, 2.05) is 0 Å². The quantitative estimate of drug-likeness (QED) is 0.233. The molecule has 200 valence electrons. The maximum absolute atomic E-state index is 13.2. The highest BCUT2D eigenvalue weighted by Crippen LogP contribution is 2.35.